The second kappa shape index (κ2) is 13.4. The maximum atomic E-state index is 11.7. The molecule has 0 aromatic rings. The Morgan fingerprint density at radius 1 is 0.846 bits per heavy atom. The van der Waals surface area contributed by atoms with E-state index < -0.39 is 23.5 Å². The van der Waals surface area contributed by atoms with Crippen LogP contribution in [0.4, 0.5) is 0 Å². The van der Waals surface area contributed by atoms with Crippen molar-refractivity contribution in [3.8, 4) is 0 Å². The highest BCUT2D eigenvalue weighted by Gasteiger charge is 2.18. The molecule has 26 heavy (non-hydrogen) atoms. The average molecular weight is 370 g/mol. The Balaban J connectivity index is 3.82. The van der Waals surface area contributed by atoms with Gasteiger partial charge in [-0.15, -0.1) is 0 Å². The van der Waals surface area contributed by atoms with Crippen molar-refractivity contribution in [3.05, 3.63) is 12.2 Å². The topological polar surface area (TPSA) is 78.9 Å². The van der Waals surface area contributed by atoms with Gasteiger partial charge in [0, 0.05) is 5.57 Å². The van der Waals surface area contributed by atoms with Crippen molar-refractivity contribution in [3.63, 3.8) is 0 Å². The molecular formula is C20H34O6. The summed E-state index contributed by atoms with van der Waals surface area (Å²) in [6.07, 6.45) is 6.38. The Kier molecular flexibility index (Phi) is 12.4. The molecule has 0 aliphatic heterocycles. The van der Waals surface area contributed by atoms with Crippen LogP contribution in [0.5, 0.6) is 0 Å². The van der Waals surface area contributed by atoms with E-state index in [1.54, 1.807) is 20.8 Å². The van der Waals surface area contributed by atoms with E-state index in [0.717, 1.165) is 19.3 Å². The van der Waals surface area contributed by atoms with Gasteiger partial charge in [0.2, 0.25) is 0 Å². The van der Waals surface area contributed by atoms with E-state index in [2.05, 4.69) is 13.5 Å². The molecule has 0 atom stereocenters. The van der Waals surface area contributed by atoms with Crippen molar-refractivity contribution < 1.29 is 28.6 Å². The Hall–Kier alpha value is -1.85. The first-order chi connectivity index (χ1) is 12.2. The van der Waals surface area contributed by atoms with Crippen LogP contribution in [-0.4, -0.2) is 36.7 Å². The van der Waals surface area contributed by atoms with Gasteiger partial charge in [0.1, 0.15) is 12.2 Å². The first-order valence-electron chi connectivity index (χ1n) is 9.38. The second-order valence-corrected chi connectivity index (χ2v) is 7.24. The number of rotatable bonds is 13. The van der Waals surface area contributed by atoms with Gasteiger partial charge in [-0.25, -0.2) is 4.79 Å². The van der Waals surface area contributed by atoms with Crippen LogP contribution in [0.2, 0.25) is 0 Å². The van der Waals surface area contributed by atoms with E-state index in [0.29, 0.717) is 6.61 Å². The molecule has 0 N–H and O–H groups in total. The summed E-state index contributed by atoms with van der Waals surface area (Å²) in [5.74, 6) is -1.65. The maximum Gasteiger partial charge on any atom is 0.334 e. The lowest BCUT2D eigenvalue weighted by molar-refractivity contribution is -0.157. The van der Waals surface area contributed by atoms with Crippen LogP contribution in [0.15, 0.2) is 12.2 Å². The molecule has 6 nitrogen and oxygen atoms in total. The molecule has 0 aromatic heterocycles. The average Bonchev–Trinajstić information content (AvgIpc) is 2.52. The zero-order valence-electron chi connectivity index (χ0n) is 16.7. The van der Waals surface area contributed by atoms with Gasteiger partial charge in [0.25, 0.3) is 0 Å². The minimum Gasteiger partial charge on any atom is -0.465 e. The van der Waals surface area contributed by atoms with Gasteiger partial charge in [0.15, 0.2) is 0 Å². The number of hydrogen-bond donors (Lipinski definition) is 0. The zero-order valence-corrected chi connectivity index (χ0v) is 16.7. The summed E-state index contributed by atoms with van der Waals surface area (Å²) in [6, 6.07) is 0. The first-order valence-corrected chi connectivity index (χ1v) is 9.38. The lowest BCUT2D eigenvalue weighted by atomic mass is 10.1. The van der Waals surface area contributed by atoms with Crippen molar-refractivity contribution >= 4 is 17.9 Å². The molecule has 0 spiro atoms. The first kappa shape index (κ1) is 24.1. The fourth-order valence-electron chi connectivity index (χ4n) is 2.09. The molecule has 0 bridgehead atoms. The molecule has 0 saturated heterocycles. The van der Waals surface area contributed by atoms with E-state index in [-0.39, 0.29) is 25.0 Å². The third-order valence-corrected chi connectivity index (χ3v) is 3.37. The van der Waals surface area contributed by atoms with Crippen LogP contribution in [0.3, 0.4) is 0 Å². The third-order valence-electron chi connectivity index (χ3n) is 3.37. The zero-order chi connectivity index (χ0) is 20.0. The van der Waals surface area contributed by atoms with Crippen LogP contribution in [0, 0.1) is 0 Å². The summed E-state index contributed by atoms with van der Waals surface area (Å²) >= 11 is 0. The van der Waals surface area contributed by atoms with Crippen LogP contribution < -0.4 is 0 Å². The highest BCUT2D eigenvalue weighted by molar-refractivity contribution is 5.93. The molecule has 0 radical (unpaired) electrons. The van der Waals surface area contributed by atoms with Gasteiger partial charge in [-0.2, -0.15) is 0 Å². The summed E-state index contributed by atoms with van der Waals surface area (Å²) < 4.78 is 15.1. The van der Waals surface area contributed by atoms with Gasteiger partial charge in [-0.3, -0.25) is 9.59 Å². The fraction of sp³-hybridized carbons (Fsp3) is 0.750. The van der Waals surface area contributed by atoms with Gasteiger partial charge < -0.3 is 14.2 Å². The molecule has 0 fully saturated rings. The number of carbonyl (C=O) groups excluding carboxylic acids is 3. The van der Waals surface area contributed by atoms with Crippen molar-refractivity contribution in [2.24, 2.45) is 0 Å². The number of ether oxygens (including phenoxy) is 3. The molecule has 0 aliphatic rings. The van der Waals surface area contributed by atoms with E-state index in [9.17, 15) is 14.4 Å². The lowest BCUT2D eigenvalue weighted by Gasteiger charge is -2.19. The van der Waals surface area contributed by atoms with Crippen LogP contribution in [-0.2, 0) is 28.6 Å². The van der Waals surface area contributed by atoms with E-state index in [1.165, 1.54) is 19.3 Å². The predicted octanol–water partition coefficient (Wildman–Crippen LogP) is 4.11. The molecule has 0 saturated carbocycles. The van der Waals surface area contributed by atoms with Crippen molar-refractivity contribution in [1.29, 1.82) is 0 Å². The Bertz CT molecular complexity index is 461. The van der Waals surface area contributed by atoms with E-state index >= 15 is 0 Å². The maximum absolute atomic E-state index is 11.7. The Morgan fingerprint density at radius 2 is 1.46 bits per heavy atom. The predicted molar refractivity (Wildman–Crippen MR) is 99.5 cm³/mol. The number of esters is 3. The summed E-state index contributed by atoms with van der Waals surface area (Å²) in [6.45, 7) is 11.2. The second-order valence-electron chi connectivity index (χ2n) is 7.24. The molecule has 6 heteroatoms. The van der Waals surface area contributed by atoms with Gasteiger partial charge in [0.05, 0.1) is 19.4 Å². The Morgan fingerprint density at radius 3 is 2.08 bits per heavy atom. The smallest absolute Gasteiger partial charge is 0.334 e. The van der Waals surface area contributed by atoms with Gasteiger partial charge >= 0.3 is 17.9 Å². The number of hydrogen-bond acceptors (Lipinski definition) is 6. The molecule has 150 valence electrons. The van der Waals surface area contributed by atoms with Crippen molar-refractivity contribution in [2.45, 2.75) is 84.7 Å². The van der Waals surface area contributed by atoms with E-state index in [4.69, 9.17) is 14.2 Å². The molecule has 0 aliphatic carbocycles. The summed E-state index contributed by atoms with van der Waals surface area (Å²) in [5.41, 5.74) is -0.563. The lowest BCUT2D eigenvalue weighted by Crippen LogP contribution is -2.25. The highest BCUT2D eigenvalue weighted by Crippen LogP contribution is 2.09. The standard InChI is InChI=1S/C20H34O6/c1-6-7-8-9-10-11-13-24-18(22)15-16(2)19(23)25-14-12-17(21)26-20(3,4)5/h2,6-15H2,1,3-5H3. The van der Waals surface area contributed by atoms with Crippen LogP contribution in [0.1, 0.15) is 79.1 Å². The van der Waals surface area contributed by atoms with Gasteiger partial charge in [-0.1, -0.05) is 45.6 Å². The molecule has 0 heterocycles. The molecular weight excluding hydrogens is 336 g/mol. The summed E-state index contributed by atoms with van der Waals surface area (Å²) in [7, 11) is 0. The van der Waals surface area contributed by atoms with Crippen molar-refractivity contribution in [1.82, 2.24) is 0 Å². The third kappa shape index (κ3) is 14.5. The summed E-state index contributed by atoms with van der Waals surface area (Å²) in [5, 5.41) is 0. The quantitative estimate of drug-likeness (QED) is 0.210. The summed E-state index contributed by atoms with van der Waals surface area (Å²) in [4.78, 5) is 34.9. The fourth-order valence-corrected chi connectivity index (χ4v) is 2.09. The molecule has 0 rings (SSSR count). The normalized spacial score (nSPS) is 10.9. The minimum atomic E-state index is -0.704. The number of unbranched alkanes of at least 4 members (excludes halogenated alkanes) is 5. The van der Waals surface area contributed by atoms with Crippen molar-refractivity contribution in [2.75, 3.05) is 13.2 Å². The van der Waals surface area contributed by atoms with Crippen LogP contribution in [0.25, 0.3) is 0 Å². The molecule has 0 aromatic carbocycles. The highest BCUT2D eigenvalue weighted by atomic mass is 16.6. The van der Waals surface area contributed by atoms with E-state index in [1.807, 2.05) is 0 Å². The SMILES string of the molecule is C=C(CC(=O)OCCCCCCCC)C(=O)OCCC(=O)OC(C)(C)C. The Labute approximate surface area is 157 Å². The van der Waals surface area contributed by atoms with Crippen LogP contribution >= 0.6 is 0 Å². The molecule has 0 unspecified atom stereocenters. The van der Waals surface area contributed by atoms with Gasteiger partial charge in [-0.05, 0) is 27.2 Å². The minimum absolute atomic E-state index is 0.0159. The largest absolute Gasteiger partial charge is 0.465 e. The monoisotopic (exact) mass is 370 g/mol. The number of carbonyl (C=O) groups is 3. The molecule has 0 amide bonds.